The van der Waals surface area contributed by atoms with Crippen LogP contribution >= 0.6 is 23.2 Å². The number of carbonyl (C=O) groups excluding carboxylic acids is 1. The number of benzene rings is 3. The third-order valence-electron chi connectivity index (χ3n) is 4.13. The van der Waals surface area contributed by atoms with Crippen LogP contribution in [-0.4, -0.2) is 18.7 Å². The van der Waals surface area contributed by atoms with Crippen LogP contribution in [0.3, 0.4) is 0 Å². The quantitative estimate of drug-likeness (QED) is 0.284. The van der Waals surface area contributed by atoms with E-state index >= 15 is 0 Å². The highest BCUT2D eigenvalue weighted by Crippen LogP contribution is 2.23. The molecule has 0 spiro atoms. The maximum Gasteiger partial charge on any atom is 0.271 e. The van der Waals surface area contributed by atoms with Gasteiger partial charge in [0.2, 0.25) is 0 Å². The predicted molar refractivity (Wildman–Crippen MR) is 123 cm³/mol. The number of ether oxygens (including phenoxy) is 2. The van der Waals surface area contributed by atoms with E-state index in [0.29, 0.717) is 32.7 Å². The van der Waals surface area contributed by atoms with Crippen LogP contribution in [0.5, 0.6) is 11.5 Å². The molecule has 3 aromatic rings. The number of terminal acetylenes is 1. The second-order valence-corrected chi connectivity index (χ2v) is 7.12. The molecule has 31 heavy (non-hydrogen) atoms. The number of halogens is 2. The fourth-order valence-electron chi connectivity index (χ4n) is 2.57. The summed E-state index contributed by atoms with van der Waals surface area (Å²) < 4.78 is 11.2. The lowest BCUT2D eigenvalue weighted by Gasteiger charge is -2.09. The van der Waals surface area contributed by atoms with Crippen LogP contribution in [0, 0.1) is 12.3 Å². The molecule has 1 N–H and O–H groups in total. The summed E-state index contributed by atoms with van der Waals surface area (Å²) in [5, 5.41) is 5.09. The molecule has 1 amide bonds. The van der Waals surface area contributed by atoms with Gasteiger partial charge < -0.3 is 9.47 Å². The van der Waals surface area contributed by atoms with E-state index < -0.39 is 0 Å². The summed E-state index contributed by atoms with van der Waals surface area (Å²) in [6.07, 6.45) is 6.71. The number of carbonyl (C=O) groups is 1. The van der Waals surface area contributed by atoms with Crippen molar-refractivity contribution in [2.45, 2.75) is 6.61 Å². The molecule has 0 saturated carbocycles. The minimum atomic E-state index is -0.356. The number of rotatable bonds is 8. The third-order valence-corrected chi connectivity index (χ3v) is 4.71. The smallest absolute Gasteiger partial charge is 0.271 e. The summed E-state index contributed by atoms with van der Waals surface area (Å²) in [6.45, 7) is 0.433. The van der Waals surface area contributed by atoms with Crippen molar-refractivity contribution in [2.24, 2.45) is 5.10 Å². The minimum absolute atomic E-state index is 0.149. The summed E-state index contributed by atoms with van der Waals surface area (Å²) >= 11 is 12.0. The van der Waals surface area contributed by atoms with E-state index in [1.54, 1.807) is 54.6 Å². The molecule has 0 saturated heterocycles. The van der Waals surface area contributed by atoms with Crippen molar-refractivity contribution in [2.75, 3.05) is 6.61 Å². The minimum Gasteiger partial charge on any atom is -0.489 e. The van der Waals surface area contributed by atoms with Crippen LogP contribution in [0.15, 0.2) is 71.8 Å². The van der Waals surface area contributed by atoms with Crippen LogP contribution in [0.1, 0.15) is 21.5 Å². The summed E-state index contributed by atoms with van der Waals surface area (Å²) in [5.74, 6) is 3.24. The topological polar surface area (TPSA) is 59.9 Å². The molecule has 0 bridgehead atoms. The summed E-state index contributed by atoms with van der Waals surface area (Å²) in [6, 6.07) is 19.2. The lowest BCUT2D eigenvalue weighted by atomic mass is 10.2. The Hall–Kier alpha value is -3.46. The molecular weight excluding hydrogens is 435 g/mol. The Labute approximate surface area is 190 Å². The van der Waals surface area contributed by atoms with Gasteiger partial charge in [-0.15, -0.1) is 6.42 Å². The second-order valence-electron chi connectivity index (χ2n) is 6.28. The van der Waals surface area contributed by atoms with E-state index in [0.717, 1.165) is 5.56 Å². The van der Waals surface area contributed by atoms with Gasteiger partial charge in [-0.25, -0.2) is 5.43 Å². The van der Waals surface area contributed by atoms with E-state index in [-0.39, 0.29) is 19.1 Å². The first-order valence-electron chi connectivity index (χ1n) is 9.22. The first-order chi connectivity index (χ1) is 15.1. The average molecular weight is 453 g/mol. The zero-order valence-electron chi connectivity index (χ0n) is 16.3. The molecule has 3 rings (SSSR count). The molecule has 5 nitrogen and oxygen atoms in total. The number of para-hydroxylation sites is 1. The molecule has 0 aromatic heterocycles. The second kappa shape index (κ2) is 11.1. The van der Waals surface area contributed by atoms with Gasteiger partial charge in [0.25, 0.3) is 5.91 Å². The SMILES string of the molecule is C#CCOc1ccccc1/C=N/NC(=O)c1ccc(OCc2ccc(Cl)cc2Cl)cc1. The lowest BCUT2D eigenvalue weighted by Crippen LogP contribution is -2.17. The fourth-order valence-corrected chi connectivity index (χ4v) is 3.03. The highest BCUT2D eigenvalue weighted by molar-refractivity contribution is 6.35. The Kier molecular flexibility index (Phi) is 7.94. The highest BCUT2D eigenvalue weighted by atomic mass is 35.5. The monoisotopic (exact) mass is 452 g/mol. The molecule has 0 atom stereocenters. The number of nitrogens with zero attached hydrogens (tertiary/aromatic N) is 1. The zero-order valence-corrected chi connectivity index (χ0v) is 17.9. The normalized spacial score (nSPS) is 10.5. The van der Waals surface area contributed by atoms with Crippen LogP contribution in [0.4, 0.5) is 0 Å². The van der Waals surface area contributed by atoms with E-state index in [2.05, 4.69) is 16.4 Å². The predicted octanol–water partition coefficient (Wildman–Crippen LogP) is 5.35. The largest absolute Gasteiger partial charge is 0.489 e. The molecule has 3 aromatic carbocycles. The number of nitrogens with one attached hydrogen (secondary N) is 1. The molecule has 0 aliphatic carbocycles. The number of hydrogen-bond donors (Lipinski definition) is 1. The van der Waals surface area contributed by atoms with Crippen molar-refractivity contribution in [3.05, 3.63) is 93.5 Å². The molecule has 0 aliphatic heterocycles. The molecule has 7 heteroatoms. The van der Waals surface area contributed by atoms with E-state index in [4.69, 9.17) is 39.1 Å². The van der Waals surface area contributed by atoms with Gasteiger partial charge >= 0.3 is 0 Å². The number of hydrazone groups is 1. The van der Waals surface area contributed by atoms with Gasteiger partial charge in [0.15, 0.2) is 0 Å². The first kappa shape index (κ1) is 22.2. The van der Waals surface area contributed by atoms with Crippen molar-refractivity contribution in [1.29, 1.82) is 0 Å². The van der Waals surface area contributed by atoms with Crippen LogP contribution in [0.25, 0.3) is 0 Å². The molecule has 0 radical (unpaired) electrons. The van der Waals surface area contributed by atoms with Gasteiger partial charge in [0.05, 0.1) is 6.21 Å². The Morgan fingerprint density at radius 2 is 1.84 bits per heavy atom. The summed E-state index contributed by atoms with van der Waals surface area (Å²) in [7, 11) is 0. The number of amides is 1. The highest BCUT2D eigenvalue weighted by Gasteiger charge is 2.06. The van der Waals surface area contributed by atoms with Crippen molar-refractivity contribution in [1.82, 2.24) is 5.43 Å². The standard InChI is InChI=1S/C24H18Cl2N2O3/c1-2-13-30-23-6-4-3-5-18(23)15-27-28-24(29)17-8-11-21(12-9-17)31-16-19-7-10-20(25)14-22(19)26/h1,3-12,14-15H,13,16H2,(H,28,29)/b27-15+. The van der Waals surface area contributed by atoms with Gasteiger partial charge in [-0.05, 0) is 48.5 Å². The average Bonchev–Trinajstić information content (AvgIpc) is 2.78. The van der Waals surface area contributed by atoms with Crippen molar-refractivity contribution < 1.29 is 14.3 Å². The number of hydrogen-bond acceptors (Lipinski definition) is 4. The van der Waals surface area contributed by atoms with E-state index in [1.165, 1.54) is 6.21 Å². The van der Waals surface area contributed by atoms with E-state index in [9.17, 15) is 4.79 Å². The molecule has 0 aliphatic rings. The Morgan fingerprint density at radius 1 is 1.06 bits per heavy atom. The molecule has 156 valence electrons. The van der Waals surface area contributed by atoms with Crippen molar-refractivity contribution >= 4 is 35.3 Å². The summed E-state index contributed by atoms with van der Waals surface area (Å²) in [5.41, 5.74) is 4.43. The molecule has 0 heterocycles. The Bertz CT molecular complexity index is 1120. The molecule has 0 fully saturated rings. The van der Waals surface area contributed by atoms with Crippen LogP contribution in [-0.2, 0) is 6.61 Å². The van der Waals surface area contributed by atoms with E-state index in [1.807, 2.05) is 12.1 Å². The molecular formula is C24H18Cl2N2O3. The molecule has 0 unspecified atom stereocenters. The van der Waals surface area contributed by atoms with Gasteiger partial charge in [0.1, 0.15) is 24.7 Å². The summed E-state index contributed by atoms with van der Waals surface area (Å²) in [4.78, 5) is 12.3. The third kappa shape index (κ3) is 6.51. The van der Waals surface area contributed by atoms with Crippen LogP contribution < -0.4 is 14.9 Å². The van der Waals surface area contributed by atoms with Crippen molar-refractivity contribution in [3.63, 3.8) is 0 Å². The Balaban J connectivity index is 1.56. The lowest BCUT2D eigenvalue weighted by molar-refractivity contribution is 0.0955. The maximum absolute atomic E-state index is 12.3. The van der Waals surface area contributed by atoms with Gasteiger partial charge in [-0.3, -0.25) is 4.79 Å². The van der Waals surface area contributed by atoms with Gasteiger partial charge in [-0.2, -0.15) is 5.10 Å². The first-order valence-corrected chi connectivity index (χ1v) is 9.98. The van der Waals surface area contributed by atoms with Crippen molar-refractivity contribution in [3.8, 4) is 23.8 Å². The van der Waals surface area contributed by atoms with Gasteiger partial charge in [0, 0.05) is 26.7 Å². The zero-order chi connectivity index (χ0) is 22.1. The maximum atomic E-state index is 12.3. The fraction of sp³-hybridized carbons (Fsp3) is 0.0833. The van der Waals surface area contributed by atoms with Crippen LogP contribution in [0.2, 0.25) is 10.0 Å². The van der Waals surface area contributed by atoms with Gasteiger partial charge in [-0.1, -0.05) is 47.3 Å². The Morgan fingerprint density at radius 3 is 2.58 bits per heavy atom.